The molecular formula is C17H21FN2. The van der Waals surface area contributed by atoms with Crippen molar-refractivity contribution in [3.63, 3.8) is 0 Å². The molecule has 106 valence electrons. The summed E-state index contributed by atoms with van der Waals surface area (Å²) in [5, 5.41) is 0. The van der Waals surface area contributed by atoms with Gasteiger partial charge in [-0.25, -0.2) is 4.39 Å². The van der Waals surface area contributed by atoms with E-state index in [9.17, 15) is 4.39 Å². The minimum Gasteiger partial charge on any atom is -0.330 e. The maximum Gasteiger partial charge on any atom is 0.123 e. The molecule has 0 amide bonds. The van der Waals surface area contributed by atoms with Crippen molar-refractivity contribution < 1.29 is 4.39 Å². The molecular weight excluding hydrogens is 251 g/mol. The highest BCUT2D eigenvalue weighted by Crippen LogP contribution is 2.24. The van der Waals surface area contributed by atoms with Crippen molar-refractivity contribution in [2.45, 2.75) is 19.0 Å². The van der Waals surface area contributed by atoms with Gasteiger partial charge in [0.05, 0.1) is 0 Å². The van der Waals surface area contributed by atoms with Gasteiger partial charge in [-0.3, -0.25) is 4.90 Å². The molecule has 2 N–H and O–H groups in total. The summed E-state index contributed by atoms with van der Waals surface area (Å²) in [6, 6.07) is 17.3. The van der Waals surface area contributed by atoms with Crippen molar-refractivity contribution in [2.75, 3.05) is 13.6 Å². The fourth-order valence-corrected chi connectivity index (χ4v) is 2.46. The lowest BCUT2D eigenvalue weighted by Gasteiger charge is -2.28. The van der Waals surface area contributed by atoms with Gasteiger partial charge in [0.25, 0.3) is 0 Å². The van der Waals surface area contributed by atoms with E-state index in [-0.39, 0.29) is 11.9 Å². The monoisotopic (exact) mass is 272 g/mol. The van der Waals surface area contributed by atoms with E-state index in [1.54, 1.807) is 0 Å². The molecule has 3 heteroatoms. The van der Waals surface area contributed by atoms with Gasteiger partial charge < -0.3 is 5.73 Å². The van der Waals surface area contributed by atoms with Gasteiger partial charge in [-0.05, 0) is 43.3 Å². The molecule has 0 spiro atoms. The molecule has 0 heterocycles. The third-order valence-electron chi connectivity index (χ3n) is 3.50. The van der Waals surface area contributed by atoms with Crippen LogP contribution in [-0.4, -0.2) is 18.5 Å². The fraction of sp³-hybridized carbons (Fsp3) is 0.294. The molecule has 0 bridgehead atoms. The number of hydrogen-bond acceptors (Lipinski definition) is 2. The van der Waals surface area contributed by atoms with Crippen LogP contribution in [0.1, 0.15) is 23.6 Å². The Bertz CT molecular complexity index is 510. The molecule has 0 aliphatic heterocycles. The normalized spacial score (nSPS) is 12.6. The van der Waals surface area contributed by atoms with Crippen molar-refractivity contribution in [3.8, 4) is 0 Å². The SMILES string of the molecule is CN(Cc1ccc(F)cc1)C(CCN)c1ccccc1. The molecule has 1 unspecified atom stereocenters. The first-order valence-electron chi connectivity index (χ1n) is 6.90. The number of nitrogens with zero attached hydrogens (tertiary/aromatic N) is 1. The first kappa shape index (κ1) is 14.7. The first-order valence-corrected chi connectivity index (χ1v) is 6.90. The van der Waals surface area contributed by atoms with Gasteiger partial charge in [0, 0.05) is 12.6 Å². The summed E-state index contributed by atoms with van der Waals surface area (Å²) in [4.78, 5) is 2.26. The summed E-state index contributed by atoms with van der Waals surface area (Å²) < 4.78 is 12.9. The van der Waals surface area contributed by atoms with Crippen LogP contribution in [0.3, 0.4) is 0 Å². The second-order valence-electron chi connectivity index (χ2n) is 5.05. The van der Waals surface area contributed by atoms with Crippen LogP contribution < -0.4 is 5.73 Å². The predicted octanol–water partition coefficient (Wildman–Crippen LogP) is 3.35. The maximum absolute atomic E-state index is 12.9. The Morgan fingerprint density at radius 3 is 2.30 bits per heavy atom. The van der Waals surface area contributed by atoms with Crippen LogP contribution in [0.15, 0.2) is 54.6 Å². The lowest BCUT2D eigenvalue weighted by molar-refractivity contribution is 0.227. The van der Waals surface area contributed by atoms with Crippen LogP contribution in [0.5, 0.6) is 0 Å². The van der Waals surface area contributed by atoms with Crippen molar-refractivity contribution in [3.05, 3.63) is 71.5 Å². The van der Waals surface area contributed by atoms with E-state index in [0.717, 1.165) is 18.5 Å². The van der Waals surface area contributed by atoms with Crippen molar-refractivity contribution in [2.24, 2.45) is 5.73 Å². The van der Waals surface area contributed by atoms with Crippen molar-refractivity contribution in [1.29, 1.82) is 0 Å². The topological polar surface area (TPSA) is 29.3 Å². The Morgan fingerprint density at radius 2 is 1.70 bits per heavy atom. The van der Waals surface area contributed by atoms with Crippen LogP contribution in [0.2, 0.25) is 0 Å². The number of halogens is 1. The summed E-state index contributed by atoms with van der Waals surface area (Å²) in [5.74, 6) is -0.196. The minimum atomic E-state index is -0.196. The zero-order valence-electron chi connectivity index (χ0n) is 11.8. The lowest BCUT2D eigenvalue weighted by Crippen LogP contribution is -2.26. The van der Waals surface area contributed by atoms with Gasteiger partial charge in [-0.2, -0.15) is 0 Å². The third kappa shape index (κ3) is 3.89. The van der Waals surface area contributed by atoms with Crippen LogP contribution in [0, 0.1) is 5.82 Å². The number of rotatable bonds is 6. The van der Waals surface area contributed by atoms with E-state index in [2.05, 4.69) is 24.1 Å². The largest absolute Gasteiger partial charge is 0.330 e. The van der Waals surface area contributed by atoms with E-state index in [1.807, 2.05) is 30.3 Å². The Labute approximate surface area is 120 Å². The Balaban J connectivity index is 2.11. The van der Waals surface area contributed by atoms with Gasteiger partial charge in [0.2, 0.25) is 0 Å². The molecule has 0 saturated heterocycles. The number of nitrogens with two attached hydrogens (primary N) is 1. The second-order valence-corrected chi connectivity index (χ2v) is 5.05. The molecule has 2 nitrogen and oxygen atoms in total. The second kappa shape index (κ2) is 7.17. The van der Waals surface area contributed by atoms with Crippen molar-refractivity contribution >= 4 is 0 Å². The average molecular weight is 272 g/mol. The fourth-order valence-electron chi connectivity index (χ4n) is 2.46. The molecule has 2 aromatic carbocycles. The first-order chi connectivity index (χ1) is 9.70. The van der Waals surface area contributed by atoms with Gasteiger partial charge >= 0.3 is 0 Å². The lowest BCUT2D eigenvalue weighted by atomic mass is 10.0. The molecule has 2 rings (SSSR count). The number of hydrogen-bond donors (Lipinski definition) is 1. The van der Waals surface area contributed by atoms with E-state index in [1.165, 1.54) is 17.7 Å². The zero-order chi connectivity index (χ0) is 14.4. The summed E-state index contributed by atoms with van der Waals surface area (Å²) in [7, 11) is 2.08. The van der Waals surface area contributed by atoms with E-state index >= 15 is 0 Å². The molecule has 0 aliphatic carbocycles. The van der Waals surface area contributed by atoms with Crippen LogP contribution in [-0.2, 0) is 6.54 Å². The van der Waals surface area contributed by atoms with Crippen molar-refractivity contribution in [1.82, 2.24) is 4.90 Å². The van der Waals surface area contributed by atoms with Crippen LogP contribution in [0.25, 0.3) is 0 Å². The van der Waals surface area contributed by atoms with E-state index < -0.39 is 0 Å². The summed E-state index contributed by atoms with van der Waals surface area (Å²) in [5.41, 5.74) is 8.11. The Morgan fingerprint density at radius 1 is 1.05 bits per heavy atom. The highest BCUT2D eigenvalue weighted by atomic mass is 19.1. The highest BCUT2D eigenvalue weighted by Gasteiger charge is 2.16. The molecule has 0 aliphatic rings. The molecule has 0 fully saturated rings. The smallest absolute Gasteiger partial charge is 0.123 e. The molecule has 0 aromatic heterocycles. The summed E-state index contributed by atoms with van der Waals surface area (Å²) in [6.45, 7) is 1.42. The molecule has 0 saturated carbocycles. The quantitative estimate of drug-likeness (QED) is 0.874. The van der Waals surface area contributed by atoms with Crippen LogP contribution in [0.4, 0.5) is 4.39 Å². The maximum atomic E-state index is 12.9. The van der Waals surface area contributed by atoms with Gasteiger partial charge in [0.15, 0.2) is 0 Å². The zero-order valence-corrected chi connectivity index (χ0v) is 11.8. The predicted molar refractivity (Wildman–Crippen MR) is 80.7 cm³/mol. The minimum absolute atomic E-state index is 0.196. The summed E-state index contributed by atoms with van der Waals surface area (Å²) >= 11 is 0. The number of benzene rings is 2. The molecule has 1 atom stereocenters. The Hall–Kier alpha value is -1.71. The highest BCUT2D eigenvalue weighted by molar-refractivity contribution is 5.20. The summed E-state index contributed by atoms with van der Waals surface area (Å²) in [6.07, 6.45) is 0.904. The molecule has 2 aromatic rings. The standard InChI is InChI=1S/C17H21FN2/c1-20(13-14-7-9-16(18)10-8-14)17(11-12-19)15-5-3-2-4-6-15/h2-10,17H,11-13,19H2,1H3. The van der Waals surface area contributed by atoms with Gasteiger partial charge in [-0.1, -0.05) is 42.5 Å². The van der Waals surface area contributed by atoms with Crippen LogP contribution >= 0.6 is 0 Å². The van der Waals surface area contributed by atoms with E-state index in [0.29, 0.717) is 6.54 Å². The average Bonchev–Trinajstić information content (AvgIpc) is 2.48. The van der Waals surface area contributed by atoms with E-state index in [4.69, 9.17) is 5.73 Å². The molecule has 20 heavy (non-hydrogen) atoms. The van der Waals surface area contributed by atoms with Gasteiger partial charge in [-0.15, -0.1) is 0 Å². The van der Waals surface area contributed by atoms with Gasteiger partial charge in [0.1, 0.15) is 5.82 Å². The molecule has 0 radical (unpaired) electrons. The third-order valence-corrected chi connectivity index (χ3v) is 3.50. The Kier molecular flexibility index (Phi) is 5.27.